The van der Waals surface area contributed by atoms with Crippen molar-refractivity contribution < 1.29 is 4.79 Å². The summed E-state index contributed by atoms with van der Waals surface area (Å²) in [5.41, 5.74) is 2.15. The van der Waals surface area contributed by atoms with Crippen molar-refractivity contribution in [3.63, 3.8) is 0 Å². The maximum atomic E-state index is 12.8. The molecule has 1 amide bonds. The van der Waals surface area contributed by atoms with E-state index in [1.165, 1.54) is 5.56 Å². The van der Waals surface area contributed by atoms with Crippen molar-refractivity contribution in [2.75, 3.05) is 36.4 Å². The molecule has 1 aliphatic heterocycles. The molecule has 1 aromatic heterocycles. The fourth-order valence-electron chi connectivity index (χ4n) is 3.54. The van der Waals surface area contributed by atoms with Crippen LogP contribution in [0.3, 0.4) is 0 Å². The fourth-order valence-corrected chi connectivity index (χ4v) is 3.54. The first-order valence-electron chi connectivity index (χ1n) is 9.90. The van der Waals surface area contributed by atoms with Gasteiger partial charge in [0.05, 0.1) is 6.04 Å². The lowest BCUT2D eigenvalue weighted by Gasteiger charge is -2.38. The van der Waals surface area contributed by atoms with Gasteiger partial charge in [0, 0.05) is 38.1 Å². The largest absolute Gasteiger partial charge is 0.354 e. The number of hydrogen-bond acceptors (Lipinski definition) is 4. The summed E-state index contributed by atoms with van der Waals surface area (Å²) in [7, 11) is 0. The smallest absolute Gasteiger partial charge is 0.241 e. The number of nitrogens with zero attached hydrogens (tertiary/aromatic N) is 3. The molecule has 0 saturated carbocycles. The summed E-state index contributed by atoms with van der Waals surface area (Å²) >= 11 is 0. The maximum absolute atomic E-state index is 12.8. The number of aromatic nitrogens is 1. The molecule has 1 aromatic carbocycles. The molecule has 0 spiro atoms. The molecule has 0 radical (unpaired) electrons. The Morgan fingerprint density at radius 2 is 1.78 bits per heavy atom. The first-order valence-corrected chi connectivity index (χ1v) is 9.90. The number of pyridine rings is 1. The van der Waals surface area contributed by atoms with Gasteiger partial charge in [0.25, 0.3) is 0 Å². The molecule has 1 saturated heterocycles. The van der Waals surface area contributed by atoms with Crippen molar-refractivity contribution in [3.8, 4) is 0 Å². The first kappa shape index (κ1) is 19.4. The molecule has 2 aromatic rings. The molecule has 144 valence electrons. The van der Waals surface area contributed by atoms with Gasteiger partial charge in [0.1, 0.15) is 5.82 Å². The number of carbonyl (C=O) groups is 1. The second-order valence-electron chi connectivity index (χ2n) is 7.27. The highest BCUT2D eigenvalue weighted by molar-refractivity contribution is 5.95. The van der Waals surface area contributed by atoms with Gasteiger partial charge in [0.2, 0.25) is 5.91 Å². The predicted octanol–water partition coefficient (Wildman–Crippen LogP) is 3.74. The molecule has 3 rings (SSSR count). The van der Waals surface area contributed by atoms with Crippen LogP contribution in [0, 0.1) is 0 Å². The minimum atomic E-state index is -0.152. The second kappa shape index (κ2) is 9.00. The molecule has 2 unspecified atom stereocenters. The lowest BCUT2D eigenvalue weighted by atomic mass is 9.97. The molecule has 1 fully saturated rings. The standard InChI is InChI=1S/C22H30N4O/c1-4-17(2)19-9-5-6-10-20(19)24-22(27)18(3)25-13-15-26(16-14-25)21-11-7-8-12-23-21/h5-12,17-18H,4,13-16H2,1-3H3,(H,24,27). The maximum Gasteiger partial charge on any atom is 0.241 e. The van der Waals surface area contributed by atoms with Crippen LogP contribution in [-0.2, 0) is 4.79 Å². The van der Waals surface area contributed by atoms with E-state index in [2.05, 4.69) is 40.0 Å². The van der Waals surface area contributed by atoms with Gasteiger partial charge in [-0.15, -0.1) is 0 Å². The van der Waals surface area contributed by atoms with Crippen molar-refractivity contribution in [1.29, 1.82) is 0 Å². The van der Waals surface area contributed by atoms with Gasteiger partial charge in [-0.3, -0.25) is 9.69 Å². The fraction of sp³-hybridized carbons (Fsp3) is 0.455. The SMILES string of the molecule is CCC(C)c1ccccc1NC(=O)C(C)N1CCN(c2ccccn2)CC1. The van der Waals surface area contributed by atoms with Gasteiger partial charge in [0.15, 0.2) is 0 Å². The molecule has 1 aliphatic rings. The molecule has 5 heteroatoms. The number of carbonyl (C=O) groups excluding carboxylic acids is 1. The Morgan fingerprint density at radius 1 is 1.07 bits per heavy atom. The van der Waals surface area contributed by atoms with E-state index in [4.69, 9.17) is 0 Å². The molecule has 0 bridgehead atoms. The van der Waals surface area contributed by atoms with Crippen LogP contribution in [0.5, 0.6) is 0 Å². The Hall–Kier alpha value is -2.40. The third-order valence-electron chi connectivity index (χ3n) is 5.58. The number of benzene rings is 1. The average molecular weight is 367 g/mol. The predicted molar refractivity (Wildman–Crippen MR) is 111 cm³/mol. The Balaban J connectivity index is 1.59. The molecule has 2 heterocycles. The number of para-hydroxylation sites is 1. The van der Waals surface area contributed by atoms with Crippen LogP contribution >= 0.6 is 0 Å². The van der Waals surface area contributed by atoms with Gasteiger partial charge < -0.3 is 10.2 Å². The molecule has 0 aliphatic carbocycles. The monoisotopic (exact) mass is 366 g/mol. The van der Waals surface area contributed by atoms with Crippen LogP contribution in [0.1, 0.15) is 38.7 Å². The van der Waals surface area contributed by atoms with Gasteiger partial charge in [-0.2, -0.15) is 0 Å². The van der Waals surface area contributed by atoms with Gasteiger partial charge in [-0.1, -0.05) is 38.1 Å². The third kappa shape index (κ3) is 4.66. The molecular formula is C22H30N4O. The highest BCUT2D eigenvalue weighted by Gasteiger charge is 2.26. The lowest BCUT2D eigenvalue weighted by Crippen LogP contribution is -2.53. The number of hydrogen-bond donors (Lipinski definition) is 1. The summed E-state index contributed by atoms with van der Waals surface area (Å²) in [5.74, 6) is 1.51. The van der Waals surface area contributed by atoms with Crippen molar-refractivity contribution in [2.24, 2.45) is 0 Å². The summed E-state index contributed by atoms with van der Waals surface area (Å²) < 4.78 is 0. The molecular weight excluding hydrogens is 336 g/mol. The molecule has 5 nitrogen and oxygen atoms in total. The zero-order valence-electron chi connectivity index (χ0n) is 16.6. The Morgan fingerprint density at radius 3 is 2.44 bits per heavy atom. The number of anilines is 2. The number of rotatable bonds is 6. The second-order valence-corrected chi connectivity index (χ2v) is 7.27. The van der Waals surface area contributed by atoms with Crippen LogP contribution in [0.25, 0.3) is 0 Å². The molecule has 1 N–H and O–H groups in total. The topological polar surface area (TPSA) is 48.5 Å². The number of amides is 1. The highest BCUT2D eigenvalue weighted by atomic mass is 16.2. The number of nitrogens with one attached hydrogen (secondary N) is 1. The van der Waals surface area contributed by atoms with E-state index in [9.17, 15) is 4.79 Å². The quantitative estimate of drug-likeness (QED) is 0.846. The van der Waals surface area contributed by atoms with Gasteiger partial charge in [-0.05, 0) is 43.0 Å². The summed E-state index contributed by atoms with van der Waals surface area (Å²) in [6.45, 7) is 9.86. The van der Waals surface area contributed by atoms with Crippen molar-refractivity contribution in [3.05, 3.63) is 54.2 Å². The van der Waals surface area contributed by atoms with Crippen molar-refractivity contribution in [1.82, 2.24) is 9.88 Å². The lowest BCUT2D eigenvalue weighted by molar-refractivity contribution is -0.120. The zero-order valence-corrected chi connectivity index (χ0v) is 16.6. The van der Waals surface area contributed by atoms with E-state index >= 15 is 0 Å². The van der Waals surface area contributed by atoms with Crippen molar-refractivity contribution in [2.45, 2.75) is 39.2 Å². The van der Waals surface area contributed by atoms with Crippen LogP contribution < -0.4 is 10.2 Å². The minimum Gasteiger partial charge on any atom is -0.354 e. The van der Waals surface area contributed by atoms with Gasteiger partial charge >= 0.3 is 0 Å². The Bertz CT molecular complexity index is 741. The Kier molecular flexibility index (Phi) is 6.45. The van der Waals surface area contributed by atoms with Crippen LogP contribution in [-0.4, -0.2) is 48.0 Å². The van der Waals surface area contributed by atoms with E-state index in [0.717, 1.165) is 44.1 Å². The average Bonchev–Trinajstić information content (AvgIpc) is 2.73. The first-order chi connectivity index (χ1) is 13.1. The van der Waals surface area contributed by atoms with E-state index < -0.39 is 0 Å². The van der Waals surface area contributed by atoms with Crippen molar-refractivity contribution >= 4 is 17.4 Å². The van der Waals surface area contributed by atoms with Crippen LogP contribution in [0.2, 0.25) is 0 Å². The van der Waals surface area contributed by atoms with E-state index in [-0.39, 0.29) is 11.9 Å². The zero-order chi connectivity index (χ0) is 19.2. The molecule has 27 heavy (non-hydrogen) atoms. The normalized spacial score (nSPS) is 17.4. The van der Waals surface area contributed by atoms with E-state index in [0.29, 0.717) is 5.92 Å². The van der Waals surface area contributed by atoms with Crippen LogP contribution in [0.15, 0.2) is 48.7 Å². The third-order valence-corrected chi connectivity index (χ3v) is 5.58. The van der Waals surface area contributed by atoms with Gasteiger partial charge in [-0.25, -0.2) is 4.98 Å². The summed E-state index contributed by atoms with van der Waals surface area (Å²) in [5, 5.41) is 3.16. The number of piperazine rings is 1. The van der Waals surface area contributed by atoms with E-state index in [1.807, 2.05) is 49.5 Å². The highest BCUT2D eigenvalue weighted by Crippen LogP contribution is 2.27. The minimum absolute atomic E-state index is 0.0667. The summed E-state index contributed by atoms with van der Waals surface area (Å²) in [6.07, 6.45) is 2.88. The molecule has 2 atom stereocenters. The van der Waals surface area contributed by atoms with E-state index in [1.54, 1.807) is 0 Å². The summed E-state index contributed by atoms with van der Waals surface area (Å²) in [4.78, 5) is 21.8. The Labute approximate surface area is 162 Å². The van der Waals surface area contributed by atoms with Crippen LogP contribution in [0.4, 0.5) is 11.5 Å². The summed E-state index contributed by atoms with van der Waals surface area (Å²) in [6, 6.07) is 14.0.